The lowest BCUT2D eigenvalue weighted by Gasteiger charge is -2.06. The van der Waals surface area contributed by atoms with Crippen molar-refractivity contribution in [3.8, 4) is 0 Å². The third kappa shape index (κ3) is 2.77. The zero-order valence-electron chi connectivity index (χ0n) is 10.6. The van der Waals surface area contributed by atoms with Gasteiger partial charge in [0.15, 0.2) is 4.90 Å². The number of rotatable bonds is 5. The van der Waals surface area contributed by atoms with Gasteiger partial charge in [-0.2, -0.15) is 5.10 Å². The fourth-order valence-corrected chi connectivity index (χ4v) is 2.84. The molecule has 0 aliphatic carbocycles. The highest BCUT2D eigenvalue weighted by molar-refractivity contribution is 7.92. The summed E-state index contributed by atoms with van der Waals surface area (Å²) in [6.07, 6.45) is 2.85. The summed E-state index contributed by atoms with van der Waals surface area (Å²) >= 11 is 0. The van der Waals surface area contributed by atoms with E-state index < -0.39 is 20.6 Å². The maximum Gasteiger partial charge on any atom is 0.289 e. The molecular formula is C11H12N4O4S. The van der Waals surface area contributed by atoms with Gasteiger partial charge >= 0.3 is 0 Å². The molecule has 0 saturated heterocycles. The van der Waals surface area contributed by atoms with Crippen molar-refractivity contribution in [2.24, 2.45) is 0 Å². The van der Waals surface area contributed by atoms with E-state index in [1.54, 1.807) is 0 Å². The first kappa shape index (κ1) is 14.0. The first-order valence-corrected chi connectivity index (χ1v) is 7.21. The summed E-state index contributed by atoms with van der Waals surface area (Å²) in [6, 6.07) is 5.16. The van der Waals surface area contributed by atoms with Crippen LogP contribution in [0.5, 0.6) is 0 Å². The maximum atomic E-state index is 12.2. The van der Waals surface area contributed by atoms with Crippen molar-refractivity contribution in [2.75, 3.05) is 4.72 Å². The number of aryl methyl sites for hydroxylation is 1. The van der Waals surface area contributed by atoms with Gasteiger partial charge in [0.2, 0.25) is 0 Å². The molecule has 1 aromatic carbocycles. The first-order chi connectivity index (χ1) is 9.44. The van der Waals surface area contributed by atoms with Gasteiger partial charge in [-0.3, -0.25) is 19.5 Å². The van der Waals surface area contributed by atoms with E-state index in [-0.39, 0.29) is 10.6 Å². The number of para-hydroxylation sites is 1. The maximum absolute atomic E-state index is 12.2. The average molecular weight is 296 g/mol. The summed E-state index contributed by atoms with van der Waals surface area (Å²) in [7, 11) is -4.03. The minimum absolute atomic E-state index is 0.255. The van der Waals surface area contributed by atoms with E-state index >= 15 is 0 Å². The van der Waals surface area contributed by atoms with E-state index in [9.17, 15) is 18.5 Å². The van der Waals surface area contributed by atoms with E-state index in [1.807, 2.05) is 6.92 Å². The molecule has 0 amide bonds. The smallest absolute Gasteiger partial charge is 0.276 e. The number of hydrogen-bond acceptors (Lipinski definition) is 5. The lowest BCUT2D eigenvalue weighted by atomic mass is 10.3. The number of nitro benzene ring substituents is 1. The summed E-state index contributed by atoms with van der Waals surface area (Å²) in [5.74, 6) is 0. The van der Waals surface area contributed by atoms with Gasteiger partial charge in [0.05, 0.1) is 16.8 Å². The van der Waals surface area contributed by atoms with Crippen LogP contribution in [0.25, 0.3) is 0 Å². The van der Waals surface area contributed by atoms with Crippen LogP contribution < -0.4 is 4.72 Å². The highest BCUT2D eigenvalue weighted by Gasteiger charge is 2.25. The minimum atomic E-state index is -4.03. The van der Waals surface area contributed by atoms with Crippen LogP contribution in [0.1, 0.15) is 6.92 Å². The van der Waals surface area contributed by atoms with Gasteiger partial charge in [0.25, 0.3) is 15.7 Å². The predicted molar refractivity (Wildman–Crippen MR) is 71.8 cm³/mol. The highest BCUT2D eigenvalue weighted by Crippen LogP contribution is 2.24. The molecule has 8 nitrogen and oxygen atoms in total. The molecule has 0 bridgehead atoms. The topological polar surface area (TPSA) is 107 Å². The Balaban J connectivity index is 2.38. The molecular weight excluding hydrogens is 284 g/mol. The van der Waals surface area contributed by atoms with Gasteiger partial charge in [-0.15, -0.1) is 0 Å². The third-order valence-corrected chi connectivity index (χ3v) is 3.99. The Morgan fingerprint density at radius 1 is 1.40 bits per heavy atom. The number of nitrogens with zero attached hydrogens (tertiary/aromatic N) is 3. The van der Waals surface area contributed by atoms with Gasteiger partial charge in [0.1, 0.15) is 0 Å². The fraction of sp³-hybridized carbons (Fsp3) is 0.182. The number of nitrogens with one attached hydrogen (secondary N) is 1. The molecule has 0 aliphatic heterocycles. The normalized spacial score (nSPS) is 11.2. The second-order valence-electron chi connectivity index (χ2n) is 3.92. The van der Waals surface area contributed by atoms with Crippen LogP contribution in [0.2, 0.25) is 0 Å². The molecule has 2 rings (SSSR count). The first-order valence-electron chi connectivity index (χ1n) is 5.72. The van der Waals surface area contributed by atoms with Gasteiger partial charge in [-0.1, -0.05) is 12.1 Å². The minimum Gasteiger partial charge on any atom is -0.276 e. The van der Waals surface area contributed by atoms with Crippen LogP contribution in [-0.2, 0) is 16.6 Å². The van der Waals surface area contributed by atoms with Crippen LogP contribution in [0.15, 0.2) is 41.6 Å². The van der Waals surface area contributed by atoms with Crippen molar-refractivity contribution in [2.45, 2.75) is 18.4 Å². The summed E-state index contributed by atoms with van der Waals surface area (Å²) in [5.41, 5.74) is -0.215. The monoisotopic (exact) mass is 296 g/mol. The molecule has 0 aliphatic rings. The highest BCUT2D eigenvalue weighted by atomic mass is 32.2. The van der Waals surface area contributed by atoms with Crippen LogP contribution in [0.4, 0.5) is 11.4 Å². The fourth-order valence-electron chi connectivity index (χ4n) is 1.63. The molecule has 0 fully saturated rings. The van der Waals surface area contributed by atoms with Gasteiger partial charge in [-0.25, -0.2) is 8.42 Å². The molecule has 2 aromatic rings. The molecule has 9 heteroatoms. The van der Waals surface area contributed by atoms with Crippen molar-refractivity contribution >= 4 is 21.4 Å². The predicted octanol–water partition coefficient (Wildman–Crippen LogP) is 1.61. The number of anilines is 1. The molecule has 1 aromatic heterocycles. The summed E-state index contributed by atoms with van der Waals surface area (Å²) in [6.45, 7) is 2.44. The summed E-state index contributed by atoms with van der Waals surface area (Å²) in [5, 5.41) is 14.8. The van der Waals surface area contributed by atoms with Crippen molar-refractivity contribution in [1.82, 2.24) is 9.78 Å². The van der Waals surface area contributed by atoms with Gasteiger partial charge in [0, 0.05) is 18.8 Å². The van der Waals surface area contributed by atoms with Crippen LogP contribution >= 0.6 is 0 Å². The van der Waals surface area contributed by atoms with E-state index in [0.717, 1.165) is 6.07 Å². The Bertz CT molecular complexity index is 738. The zero-order valence-corrected chi connectivity index (χ0v) is 11.4. The molecule has 1 heterocycles. The number of hydrogen-bond donors (Lipinski definition) is 1. The lowest BCUT2D eigenvalue weighted by Crippen LogP contribution is -2.14. The average Bonchev–Trinajstić information content (AvgIpc) is 2.85. The molecule has 0 radical (unpaired) electrons. The van der Waals surface area contributed by atoms with Gasteiger partial charge < -0.3 is 0 Å². The quantitative estimate of drug-likeness (QED) is 0.666. The molecule has 0 unspecified atom stereocenters. The van der Waals surface area contributed by atoms with Crippen molar-refractivity contribution < 1.29 is 13.3 Å². The van der Waals surface area contributed by atoms with E-state index in [1.165, 1.54) is 35.3 Å². The second-order valence-corrected chi connectivity index (χ2v) is 5.57. The van der Waals surface area contributed by atoms with Crippen LogP contribution in [0, 0.1) is 10.1 Å². The molecule has 0 saturated carbocycles. The van der Waals surface area contributed by atoms with Crippen molar-refractivity contribution in [3.05, 3.63) is 46.8 Å². The standard InChI is InChI=1S/C11H12N4O4S/c1-2-14-8-9(7-12-14)13-20(18,19)11-6-4-3-5-10(11)15(16)17/h3-8,13H,2H2,1H3. The molecule has 1 N–H and O–H groups in total. The van der Waals surface area contributed by atoms with E-state index in [0.29, 0.717) is 6.54 Å². The summed E-state index contributed by atoms with van der Waals surface area (Å²) in [4.78, 5) is 9.76. The SMILES string of the molecule is CCn1cc(NS(=O)(=O)c2ccccc2[N+](=O)[O-])cn1. The number of aromatic nitrogens is 2. The van der Waals surface area contributed by atoms with E-state index in [2.05, 4.69) is 9.82 Å². The Kier molecular flexibility index (Phi) is 3.70. The Morgan fingerprint density at radius 2 is 2.10 bits per heavy atom. The van der Waals surface area contributed by atoms with E-state index in [4.69, 9.17) is 0 Å². The number of sulfonamides is 1. The number of benzene rings is 1. The lowest BCUT2D eigenvalue weighted by molar-refractivity contribution is -0.387. The van der Waals surface area contributed by atoms with Crippen LogP contribution in [0.3, 0.4) is 0 Å². The molecule has 20 heavy (non-hydrogen) atoms. The van der Waals surface area contributed by atoms with Gasteiger partial charge in [-0.05, 0) is 13.0 Å². The molecule has 0 atom stereocenters. The Labute approximate surface area is 115 Å². The Morgan fingerprint density at radius 3 is 2.70 bits per heavy atom. The largest absolute Gasteiger partial charge is 0.289 e. The Hall–Kier alpha value is -2.42. The molecule has 106 valence electrons. The third-order valence-electron chi connectivity index (χ3n) is 2.56. The number of nitro groups is 1. The second kappa shape index (κ2) is 5.29. The zero-order chi connectivity index (χ0) is 14.8. The summed E-state index contributed by atoms with van der Waals surface area (Å²) < 4.78 is 28.2. The van der Waals surface area contributed by atoms with Crippen molar-refractivity contribution in [1.29, 1.82) is 0 Å². The molecule has 0 spiro atoms. The van der Waals surface area contributed by atoms with Crippen LogP contribution in [-0.4, -0.2) is 23.1 Å². The van der Waals surface area contributed by atoms with Crippen molar-refractivity contribution in [3.63, 3.8) is 0 Å².